The van der Waals surface area contributed by atoms with Crippen LogP contribution in [0.4, 0.5) is 21.5 Å². The molecule has 0 aliphatic carbocycles. The summed E-state index contributed by atoms with van der Waals surface area (Å²) in [6, 6.07) is 15.1. The van der Waals surface area contributed by atoms with Gasteiger partial charge in [0.15, 0.2) is 0 Å². The Bertz CT molecular complexity index is 871. The Morgan fingerprint density at radius 3 is 2.50 bits per heavy atom. The van der Waals surface area contributed by atoms with Crippen molar-refractivity contribution in [1.29, 1.82) is 0 Å². The van der Waals surface area contributed by atoms with E-state index in [1.165, 1.54) is 18.3 Å². The Kier molecular flexibility index (Phi) is 4.72. The maximum Gasteiger partial charge on any atom is 0.257 e. The van der Waals surface area contributed by atoms with Crippen molar-refractivity contribution in [2.24, 2.45) is 0 Å². The molecule has 24 heavy (non-hydrogen) atoms. The largest absolute Gasteiger partial charge is 0.354 e. The normalized spacial score (nSPS) is 10.2. The van der Waals surface area contributed by atoms with Gasteiger partial charge in [0, 0.05) is 17.6 Å². The number of carbonyl (C=O) groups is 1. The summed E-state index contributed by atoms with van der Waals surface area (Å²) in [6.07, 6.45) is 3.04. The van der Waals surface area contributed by atoms with Crippen molar-refractivity contribution in [1.82, 2.24) is 4.98 Å². The maximum absolute atomic E-state index is 13.2. The van der Waals surface area contributed by atoms with Crippen LogP contribution in [0, 0.1) is 5.82 Å². The monoisotopic (exact) mass is 341 g/mol. The number of rotatable bonds is 4. The summed E-state index contributed by atoms with van der Waals surface area (Å²) in [5, 5.41) is 5.85. The number of halogens is 2. The minimum Gasteiger partial charge on any atom is -0.354 e. The van der Waals surface area contributed by atoms with Crippen LogP contribution in [0.3, 0.4) is 0 Å². The summed E-state index contributed by atoms with van der Waals surface area (Å²) in [5.41, 5.74) is 2.30. The number of nitrogens with one attached hydrogen (secondary N) is 2. The molecule has 120 valence electrons. The smallest absolute Gasteiger partial charge is 0.257 e. The number of hydrogen-bond donors (Lipinski definition) is 2. The van der Waals surface area contributed by atoms with E-state index >= 15 is 0 Å². The predicted octanol–water partition coefficient (Wildman–Crippen LogP) is 4.87. The molecule has 1 heterocycles. The van der Waals surface area contributed by atoms with Crippen molar-refractivity contribution in [2.75, 3.05) is 10.6 Å². The molecule has 0 aliphatic heterocycles. The number of pyridine rings is 1. The number of para-hydroxylation sites is 1. The highest BCUT2D eigenvalue weighted by molar-refractivity contribution is 6.31. The molecule has 0 fully saturated rings. The molecule has 3 aromatic rings. The van der Waals surface area contributed by atoms with Crippen molar-refractivity contribution in [3.05, 3.63) is 83.4 Å². The standard InChI is InChI=1S/C18H13ClFN3O/c19-16-9-14(6-7-17(16)20)22-15-8-12(10-21-11-15)18(24)23-13-4-2-1-3-5-13/h1-11,22H,(H,23,24). The van der Waals surface area contributed by atoms with Crippen LogP contribution >= 0.6 is 11.6 Å². The second-order valence-electron chi connectivity index (χ2n) is 5.04. The molecule has 0 saturated carbocycles. The lowest BCUT2D eigenvalue weighted by Crippen LogP contribution is -2.12. The highest BCUT2D eigenvalue weighted by Crippen LogP contribution is 2.23. The van der Waals surface area contributed by atoms with E-state index in [4.69, 9.17) is 11.6 Å². The molecule has 0 atom stereocenters. The third kappa shape index (κ3) is 3.88. The summed E-state index contributed by atoms with van der Waals surface area (Å²) < 4.78 is 13.2. The van der Waals surface area contributed by atoms with Gasteiger partial charge in [-0.05, 0) is 36.4 Å². The fourth-order valence-electron chi connectivity index (χ4n) is 2.10. The zero-order valence-electron chi connectivity index (χ0n) is 12.5. The molecule has 0 aliphatic rings. The number of aromatic nitrogens is 1. The molecule has 0 spiro atoms. The van der Waals surface area contributed by atoms with Crippen LogP contribution in [0.2, 0.25) is 5.02 Å². The summed E-state index contributed by atoms with van der Waals surface area (Å²) >= 11 is 5.76. The Hall–Kier alpha value is -2.92. The molecule has 6 heteroatoms. The number of benzene rings is 2. The van der Waals surface area contributed by atoms with Gasteiger partial charge in [-0.2, -0.15) is 0 Å². The molecule has 0 radical (unpaired) electrons. The van der Waals surface area contributed by atoms with Gasteiger partial charge in [-0.1, -0.05) is 29.8 Å². The second-order valence-corrected chi connectivity index (χ2v) is 5.44. The maximum atomic E-state index is 13.2. The second kappa shape index (κ2) is 7.10. The van der Waals surface area contributed by atoms with E-state index in [9.17, 15) is 9.18 Å². The fourth-order valence-corrected chi connectivity index (χ4v) is 2.28. The van der Waals surface area contributed by atoms with Crippen LogP contribution in [-0.2, 0) is 0 Å². The molecule has 1 amide bonds. The van der Waals surface area contributed by atoms with Gasteiger partial charge in [0.25, 0.3) is 5.91 Å². The van der Waals surface area contributed by atoms with Gasteiger partial charge in [-0.25, -0.2) is 4.39 Å². The van der Waals surface area contributed by atoms with Crippen LogP contribution in [0.5, 0.6) is 0 Å². The topological polar surface area (TPSA) is 54.0 Å². The Morgan fingerprint density at radius 1 is 0.958 bits per heavy atom. The quantitative estimate of drug-likeness (QED) is 0.711. The van der Waals surface area contributed by atoms with Gasteiger partial charge in [0.05, 0.1) is 22.5 Å². The van der Waals surface area contributed by atoms with Gasteiger partial charge < -0.3 is 10.6 Å². The van der Waals surface area contributed by atoms with Gasteiger partial charge in [-0.3, -0.25) is 9.78 Å². The minimum atomic E-state index is -0.490. The third-order valence-electron chi connectivity index (χ3n) is 3.24. The zero-order valence-corrected chi connectivity index (χ0v) is 13.2. The third-order valence-corrected chi connectivity index (χ3v) is 3.53. The lowest BCUT2D eigenvalue weighted by atomic mass is 10.2. The van der Waals surface area contributed by atoms with Gasteiger partial charge >= 0.3 is 0 Å². The number of amides is 1. The molecule has 2 N–H and O–H groups in total. The average Bonchev–Trinajstić information content (AvgIpc) is 2.59. The first-order valence-corrected chi connectivity index (χ1v) is 7.53. The van der Waals surface area contributed by atoms with E-state index in [0.717, 1.165) is 0 Å². The number of anilines is 3. The first-order valence-electron chi connectivity index (χ1n) is 7.15. The molecule has 0 bridgehead atoms. The average molecular weight is 342 g/mol. The highest BCUT2D eigenvalue weighted by Gasteiger charge is 2.08. The van der Waals surface area contributed by atoms with E-state index in [1.807, 2.05) is 18.2 Å². The molecule has 1 aromatic heterocycles. The number of nitrogens with zero attached hydrogens (tertiary/aromatic N) is 1. The van der Waals surface area contributed by atoms with E-state index < -0.39 is 5.82 Å². The molecule has 0 unspecified atom stereocenters. The SMILES string of the molecule is O=C(Nc1ccccc1)c1cncc(Nc2ccc(F)c(Cl)c2)c1. The van der Waals surface area contributed by atoms with Crippen molar-refractivity contribution < 1.29 is 9.18 Å². The van der Waals surface area contributed by atoms with Crippen LogP contribution in [0.1, 0.15) is 10.4 Å². The molecular weight excluding hydrogens is 329 g/mol. The van der Waals surface area contributed by atoms with Crippen LogP contribution in [0.15, 0.2) is 67.0 Å². The summed E-state index contributed by atoms with van der Waals surface area (Å²) in [6.45, 7) is 0. The first-order chi connectivity index (χ1) is 11.6. The van der Waals surface area contributed by atoms with Gasteiger partial charge in [0.1, 0.15) is 5.82 Å². The number of hydrogen-bond acceptors (Lipinski definition) is 3. The van der Waals surface area contributed by atoms with Crippen LogP contribution < -0.4 is 10.6 Å². The fraction of sp³-hybridized carbons (Fsp3) is 0. The Balaban J connectivity index is 1.76. The van der Waals surface area contributed by atoms with Crippen molar-refractivity contribution in [3.8, 4) is 0 Å². The van der Waals surface area contributed by atoms with E-state index in [-0.39, 0.29) is 10.9 Å². The van der Waals surface area contributed by atoms with E-state index in [0.29, 0.717) is 22.6 Å². The lowest BCUT2D eigenvalue weighted by molar-refractivity contribution is 0.102. The Labute approximate surface area is 143 Å². The summed E-state index contributed by atoms with van der Waals surface area (Å²) in [7, 11) is 0. The Morgan fingerprint density at radius 2 is 1.75 bits per heavy atom. The van der Waals surface area contributed by atoms with Crippen LogP contribution in [-0.4, -0.2) is 10.9 Å². The van der Waals surface area contributed by atoms with Crippen LogP contribution in [0.25, 0.3) is 0 Å². The molecule has 4 nitrogen and oxygen atoms in total. The van der Waals surface area contributed by atoms with Gasteiger partial charge in [-0.15, -0.1) is 0 Å². The lowest BCUT2D eigenvalue weighted by Gasteiger charge is -2.09. The molecule has 3 rings (SSSR count). The molecule has 2 aromatic carbocycles. The van der Waals surface area contributed by atoms with E-state index in [2.05, 4.69) is 15.6 Å². The molecule has 0 saturated heterocycles. The highest BCUT2D eigenvalue weighted by atomic mass is 35.5. The number of carbonyl (C=O) groups excluding carboxylic acids is 1. The predicted molar refractivity (Wildman–Crippen MR) is 93.3 cm³/mol. The minimum absolute atomic E-state index is 0.0194. The van der Waals surface area contributed by atoms with Crippen molar-refractivity contribution in [2.45, 2.75) is 0 Å². The zero-order chi connectivity index (χ0) is 16.9. The summed E-state index contributed by atoms with van der Waals surface area (Å²) in [5.74, 6) is -0.759. The van der Waals surface area contributed by atoms with Crippen molar-refractivity contribution >= 4 is 34.6 Å². The molecular formula is C18H13ClFN3O. The van der Waals surface area contributed by atoms with Crippen molar-refractivity contribution in [3.63, 3.8) is 0 Å². The summed E-state index contributed by atoms with van der Waals surface area (Å²) in [4.78, 5) is 16.3. The first kappa shape index (κ1) is 16.0. The van der Waals surface area contributed by atoms with E-state index in [1.54, 1.807) is 30.5 Å². The van der Waals surface area contributed by atoms with Gasteiger partial charge in [0.2, 0.25) is 0 Å².